The Morgan fingerprint density at radius 3 is 2.52 bits per heavy atom. The molecule has 0 bridgehead atoms. The number of nitrogens with one attached hydrogen (secondary N) is 1. The first kappa shape index (κ1) is 23.0. The van der Waals surface area contributed by atoms with Crippen molar-refractivity contribution in [1.29, 1.82) is 0 Å². The lowest BCUT2D eigenvalue weighted by Crippen LogP contribution is -2.25. The van der Waals surface area contributed by atoms with Crippen LogP contribution in [0.5, 0.6) is 0 Å². The smallest absolute Gasteiger partial charge is 0.251 e. The van der Waals surface area contributed by atoms with Crippen LogP contribution in [0.15, 0.2) is 72.1 Å². The number of carbonyl (C=O) groups is 1. The number of hydrogen-bond donors (Lipinski definition) is 1. The van der Waals surface area contributed by atoms with E-state index in [0.29, 0.717) is 24.6 Å². The molecule has 0 atom stereocenters. The summed E-state index contributed by atoms with van der Waals surface area (Å²) in [6, 6.07) is 16.1. The fourth-order valence-corrected chi connectivity index (χ4v) is 4.43. The van der Waals surface area contributed by atoms with E-state index in [1.165, 1.54) is 12.1 Å². The minimum atomic E-state index is -0.248. The predicted octanol–water partition coefficient (Wildman–Crippen LogP) is 5.69. The summed E-state index contributed by atoms with van der Waals surface area (Å²) in [4.78, 5) is 21.3. The second-order valence-corrected chi connectivity index (χ2v) is 9.34. The van der Waals surface area contributed by atoms with E-state index in [-0.39, 0.29) is 11.7 Å². The lowest BCUT2D eigenvalue weighted by molar-refractivity contribution is 0.0952. The molecule has 0 aliphatic carbocycles. The van der Waals surface area contributed by atoms with Gasteiger partial charge in [-0.25, -0.2) is 9.37 Å². The van der Waals surface area contributed by atoms with Crippen LogP contribution in [0, 0.1) is 11.7 Å². The first-order valence-corrected chi connectivity index (χ1v) is 12.0. The third kappa shape index (κ3) is 5.99. The van der Waals surface area contributed by atoms with Crippen molar-refractivity contribution < 1.29 is 9.18 Å². The minimum absolute atomic E-state index is 0.0385. The largest absolute Gasteiger partial charge is 0.352 e. The summed E-state index contributed by atoms with van der Waals surface area (Å²) >= 11 is 1.63. The standard InChI is InChI=1S/C26H27FN4OS/c1-18(2)11-14-29-25(32)21-7-3-20(4-8-21)17-33-26-30-23-12-13-28-15-24(23)31(26)16-19-5-9-22(27)10-6-19/h3-10,12-13,15,18H,11,14,16-17H2,1-2H3,(H,29,32). The number of halogens is 1. The average Bonchev–Trinajstić information content (AvgIpc) is 3.16. The number of imidazole rings is 1. The normalized spacial score (nSPS) is 11.3. The lowest BCUT2D eigenvalue weighted by atomic mass is 10.1. The van der Waals surface area contributed by atoms with Crippen LogP contribution in [-0.4, -0.2) is 27.0 Å². The van der Waals surface area contributed by atoms with Crippen molar-refractivity contribution >= 4 is 28.7 Å². The van der Waals surface area contributed by atoms with Crippen LogP contribution in [0.3, 0.4) is 0 Å². The molecule has 1 amide bonds. The molecule has 170 valence electrons. The van der Waals surface area contributed by atoms with Crippen LogP contribution in [-0.2, 0) is 12.3 Å². The van der Waals surface area contributed by atoms with Crippen molar-refractivity contribution in [3.05, 3.63) is 89.5 Å². The topological polar surface area (TPSA) is 59.8 Å². The Balaban J connectivity index is 1.45. The molecular formula is C26H27FN4OS. The molecule has 0 fully saturated rings. The van der Waals surface area contributed by atoms with Gasteiger partial charge in [-0.3, -0.25) is 9.78 Å². The third-order valence-corrected chi connectivity index (χ3v) is 6.41. The van der Waals surface area contributed by atoms with Crippen LogP contribution in [0.25, 0.3) is 11.0 Å². The van der Waals surface area contributed by atoms with Gasteiger partial charge in [-0.05, 0) is 53.8 Å². The number of hydrogen-bond acceptors (Lipinski definition) is 4. The van der Waals surface area contributed by atoms with E-state index in [4.69, 9.17) is 4.98 Å². The molecule has 1 N–H and O–H groups in total. The van der Waals surface area contributed by atoms with E-state index in [1.807, 2.05) is 36.5 Å². The third-order valence-electron chi connectivity index (χ3n) is 5.36. The minimum Gasteiger partial charge on any atom is -0.352 e. The Bertz CT molecular complexity index is 1220. The number of amides is 1. The van der Waals surface area contributed by atoms with Gasteiger partial charge in [0.05, 0.1) is 23.8 Å². The van der Waals surface area contributed by atoms with Crippen LogP contribution < -0.4 is 5.32 Å². The summed E-state index contributed by atoms with van der Waals surface area (Å²) in [5.74, 6) is 0.994. The quantitative estimate of drug-likeness (QED) is 0.325. The summed E-state index contributed by atoms with van der Waals surface area (Å²) in [7, 11) is 0. The zero-order valence-corrected chi connectivity index (χ0v) is 19.6. The SMILES string of the molecule is CC(C)CCNC(=O)c1ccc(CSc2nc3ccncc3n2Cc2ccc(F)cc2)cc1. The molecule has 0 saturated carbocycles. The molecule has 7 heteroatoms. The van der Waals surface area contributed by atoms with Gasteiger partial charge in [-0.1, -0.05) is 49.9 Å². The van der Waals surface area contributed by atoms with E-state index in [1.54, 1.807) is 30.1 Å². The van der Waals surface area contributed by atoms with E-state index in [9.17, 15) is 9.18 Å². The molecule has 0 aliphatic rings. The second kappa shape index (κ2) is 10.6. The van der Waals surface area contributed by atoms with Gasteiger partial charge in [0.15, 0.2) is 5.16 Å². The average molecular weight is 463 g/mol. The zero-order valence-electron chi connectivity index (χ0n) is 18.8. The van der Waals surface area contributed by atoms with Crippen molar-refractivity contribution in [1.82, 2.24) is 19.9 Å². The Labute approximate surface area is 197 Å². The molecular weight excluding hydrogens is 435 g/mol. The number of fused-ring (bicyclic) bond motifs is 1. The van der Waals surface area contributed by atoms with Gasteiger partial charge >= 0.3 is 0 Å². The Hall–Kier alpha value is -3.19. The van der Waals surface area contributed by atoms with Gasteiger partial charge in [0.2, 0.25) is 0 Å². The van der Waals surface area contributed by atoms with Crippen LogP contribution in [0.4, 0.5) is 4.39 Å². The fourth-order valence-electron chi connectivity index (χ4n) is 3.46. The van der Waals surface area contributed by atoms with Gasteiger partial charge in [0.25, 0.3) is 5.91 Å². The van der Waals surface area contributed by atoms with Crippen molar-refractivity contribution in [3.63, 3.8) is 0 Å². The molecule has 0 radical (unpaired) electrons. The highest BCUT2D eigenvalue weighted by atomic mass is 32.2. The molecule has 0 unspecified atom stereocenters. The van der Waals surface area contributed by atoms with E-state index in [0.717, 1.165) is 39.5 Å². The number of carbonyl (C=O) groups excluding carboxylic acids is 1. The van der Waals surface area contributed by atoms with Gasteiger partial charge < -0.3 is 9.88 Å². The molecule has 5 nitrogen and oxygen atoms in total. The Morgan fingerprint density at radius 1 is 1.06 bits per heavy atom. The number of thioether (sulfide) groups is 1. The molecule has 0 spiro atoms. The first-order chi connectivity index (χ1) is 16.0. The molecule has 33 heavy (non-hydrogen) atoms. The molecule has 2 aromatic carbocycles. The molecule has 0 aliphatic heterocycles. The summed E-state index contributed by atoms with van der Waals surface area (Å²) < 4.78 is 15.4. The summed E-state index contributed by atoms with van der Waals surface area (Å²) in [5.41, 5.74) is 4.59. The highest BCUT2D eigenvalue weighted by Crippen LogP contribution is 2.27. The van der Waals surface area contributed by atoms with Gasteiger partial charge in [0.1, 0.15) is 5.82 Å². The molecule has 4 aromatic rings. The van der Waals surface area contributed by atoms with Gasteiger partial charge in [-0.2, -0.15) is 0 Å². The first-order valence-electron chi connectivity index (χ1n) is 11.0. The fraction of sp³-hybridized carbons (Fsp3) is 0.269. The molecule has 4 rings (SSSR count). The summed E-state index contributed by atoms with van der Waals surface area (Å²) in [6.07, 6.45) is 4.51. The number of nitrogens with zero attached hydrogens (tertiary/aromatic N) is 3. The van der Waals surface area contributed by atoms with Crippen LogP contribution >= 0.6 is 11.8 Å². The van der Waals surface area contributed by atoms with E-state index < -0.39 is 0 Å². The van der Waals surface area contributed by atoms with Crippen molar-refractivity contribution in [3.8, 4) is 0 Å². The van der Waals surface area contributed by atoms with Crippen molar-refractivity contribution in [2.75, 3.05) is 6.54 Å². The lowest BCUT2D eigenvalue weighted by Gasteiger charge is -2.10. The molecule has 2 heterocycles. The highest BCUT2D eigenvalue weighted by molar-refractivity contribution is 7.98. The van der Waals surface area contributed by atoms with Gasteiger partial charge in [0, 0.05) is 24.1 Å². The maximum atomic E-state index is 13.3. The highest BCUT2D eigenvalue weighted by Gasteiger charge is 2.13. The molecule has 0 saturated heterocycles. The number of rotatable bonds is 9. The maximum Gasteiger partial charge on any atom is 0.251 e. The Morgan fingerprint density at radius 2 is 1.79 bits per heavy atom. The van der Waals surface area contributed by atoms with Crippen molar-refractivity contribution in [2.24, 2.45) is 5.92 Å². The maximum absolute atomic E-state index is 13.3. The zero-order chi connectivity index (χ0) is 23.2. The van der Waals surface area contributed by atoms with E-state index in [2.05, 4.69) is 28.7 Å². The van der Waals surface area contributed by atoms with Gasteiger partial charge in [-0.15, -0.1) is 0 Å². The number of benzene rings is 2. The van der Waals surface area contributed by atoms with Crippen LogP contribution in [0.2, 0.25) is 0 Å². The monoisotopic (exact) mass is 462 g/mol. The number of pyridine rings is 1. The summed E-state index contributed by atoms with van der Waals surface area (Å²) in [5, 5.41) is 3.84. The number of aromatic nitrogens is 3. The predicted molar refractivity (Wildman–Crippen MR) is 131 cm³/mol. The Kier molecular flexibility index (Phi) is 7.40. The summed E-state index contributed by atoms with van der Waals surface area (Å²) in [6.45, 7) is 5.56. The van der Waals surface area contributed by atoms with Crippen molar-refractivity contribution in [2.45, 2.75) is 37.7 Å². The van der Waals surface area contributed by atoms with Crippen LogP contribution in [0.1, 0.15) is 41.8 Å². The van der Waals surface area contributed by atoms with E-state index >= 15 is 0 Å². The second-order valence-electron chi connectivity index (χ2n) is 8.40. The molecule has 2 aromatic heterocycles.